The van der Waals surface area contributed by atoms with Crippen LogP contribution in [0.5, 0.6) is 0 Å². The number of hydrogen-bond donors (Lipinski definition) is 0. The third-order valence-corrected chi connectivity index (χ3v) is 7.92. The van der Waals surface area contributed by atoms with Crippen LogP contribution in [0.15, 0.2) is 24.3 Å². The Kier molecular flexibility index (Phi) is 6.67. The predicted octanol–water partition coefficient (Wildman–Crippen LogP) is 3.43. The predicted molar refractivity (Wildman–Crippen MR) is 115 cm³/mol. The zero-order valence-corrected chi connectivity index (χ0v) is 19.2. The van der Waals surface area contributed by atoms with Gasteiger partial charge in [0, 0.05) is 24.7 Å². The van der Waals surface area contributed by atoms with E-state index in [1.54, 1.807) is 49.9 Å². The quantitative estimate of drug-likeness (QED) is 0.680. The molecular weight excluding hydrogens is 428 g/mol. The minimum absolute atomic E-state index is 0.112. The molecule has 2 aliphatic rings. The van der Waals surface area contributed by atoms with Crippen molar-refractivity contribution in [1.29, 1.82) is 0 Å². The van der Waals surface area contributed by atoms with E-state index >= 15 is 0 Å². The lowest BCUT2D eigenvalue weighted by Gasteiger charge is -2.31. The highest BCUT2D eigenvalue weighted by molar-refractivity contribution is 7.91. The second-order valence-corrected chi connectivity index (χ2v) is 11.5. The maximum Gasteiger partial charge on any atom is 0.410 e. The van der Waals surface area contributed by atoms with Crippen molar-refractivity contribution in [3.8, 4) is 0 Å². The van der Waals surface area contributed by atoms with Gasteiger partial charge in [-0.2, -0.15) is 0 Å². The lowest BCUT2D eigenvalue weighted by atomic mass is 10.1. The van der Waals surface area contributed by atoms with E-state index in [2.05, 4.69) is 0 Å². The van der Waals surface area contributed by atoms with Crippen LogP contribution in [0, 0.1) is 0 Å². The molecule has 2 fully saturated rings. The van der Waals surface area contributed by atoms with Crippen LogP contribution in [-0.2, 0) is 19.4 Å². The third-order valence-electron chi connectivity index (χ3n) is 5.47. The first-order chi connectivity index (χ1) is 14.0. The van der Waals surface area contributed by atoms with Crippen molar-refractivity contribution in [3.63, 3.8) is 0 Å². The van der Waals surface area contributed by atoms with Crippen molar-refractivity contribution in [2.24, 2.45) is 0 Å². The van der Waals surface area contributed by atoms with Crippen LogP contribution in [-0.4, -0.2) is 67.2 Å². The fourth-order valence-electron chi connectivity index (χ4n) is 4.02. The summed E-state index contributed by atoms with van der Waals surface area (Å²) in [5, 5.41) is -0.327. The molecule has 7 nitrogen and oxygen atoms in total. The molecule has 0 saturated carbocycles. The van der Waals surface area contributed by atoms with Gasteiger partial charge in [-0.05, 0) is 51.7 Å². The van der Waals surface area contributed by atoms with Gasteiger partial charge < -0.3 is 9.64 Å². The molecule has 166 valence electrons. The molecule has 2 atom stereocenters. The van der Waals surface area contributed by atoms with E-state index in [-0.39, 0.29) is 24.6 Å². The number of likely N-dealkylation sites (tertiary alicyclic amines) is 1. The van der Waals surface area contributed by atoms with Gasteiger partial charge in [0.2, 0.25) is 5.91 Å². The molecule has 2 heterocycles. The summed E-state index contributed by atoms with van der Waals surface area (Å²) in [6.07, 6.45) is 1.03. The SMILES string of the molecule is CC(C)(C)OC(=O)N1CCCC1C(=O)N1CCC(c2ccccc2Cl)S(=O)(=O)CC1. The van der Waals surface area contributed by atoms with E-state index in [4.69, 9.17) is 16.3 Å². The average molecular weight is 457 g/mol. The molecule has 2 saturated heterocycles. The summed E-state index contributed by atoms with van der Waals surface area (Å²) in [6.45, 7) is 6.22. The number of benzene rings is 1. The van der Waals surface area contributed by atoms with Gasteiger partial charge in [-0.15, -0.1) is 0 Å². The first-order valence-corrected chi connectivity index (χ1v) is 12.3. The van der Waals surface area contributed by atoms with Gasteiger partial charge in [0.1, 0.15) is 11.6 Å². The van der Waals surface area contributed by atoms with E-state index in [9.17, 15) is 18.0 Å². The highest BCUT2D eigenvalue weighted by Gasteiger charge is 2.41. The van der Waals surface area contributed by atoms with Gasteiger partial charge in [0.25, 0.3) is 0 Å². The number of carbonyl (C=O) groups is 2. The molecule has 3 rings (SSSR count). The van der Waals surface area contributed by atoms with E-state index < -0.39 is 32.8 Å². The van der Waals surface area contributed by atoms with Crippen LogP contribution in [0.4, 0.5) is 4.79 Å². The molecule has 0 N–H and O–H groups in total. The molecule has 2 aliphatic heterocycles. The number of rotatable bonds is 2. The number of ether oxygens (including phenoxy) is 1. The summed E-state index contributed by atoms with van der Waals surface area (Å²) in [5.41, 5.74) is -0.0729. The van der Waals surface area contributed by atoms with Gasteiger partial charge in [-0.1, -0.05) is 29.8 Å². The minimum atomic E-state index is -3.46. The van der Waals surface area contributed by atoms with Crippen molar-refractivity contribution in [2.75, 3.05) is 25.4 Å². The number of carbonyl (C=O) groups excluding carboxylic acids is 2. The zero-order chi connectivity index (χ0) is 22.1. The Hall–Kier alpha value is -1.80. The summed E-state index contributed by atoms with van der Waals surface area (Å²) in [4.78, 5) is 28.8. The van der Waals surface area contributed by atoms with Crippen LogP contribution in [0.3, 0.4) is 0 Å². The molecule has 2 unspecified atom stereocenters. The molecule has 0 bridgehead atoms. The van der Waals surface area contributed by atoms with Crippen molar-refractivity contribution in [2.45, 2.75) is 56.9 Å². The van der Waals surface area contributed by atoms with E-state index in [0.717, 1.165) is 0 Å². The van der Waals surface area contributed by atoms with E-state index in [1.807, 2.05) is 0 Å². The van der Waals surface area contributed by atoms with Crippen molar-refractivity contribution in [1.82, 2.24) is 9.80 Å². The highest BCUT2D eigenvalue weighted by atomic mass is 35.5. The molecule has 0 spiro atoms. The number of sulfone groups is 1. The largest absolute Gasteiger partial charge is 0.444 e. The average Bonchev–Trinajstić information content (AvgIpc) is 3.07. The number of hydrogen-bond acceptors (Lipinski definition) is 5. The second-order valence-electron chi connectivity index (χ2n) is 8.82. The van der Waals surface area contributed by atoms with Crippen LogP contribution >= 0.6 is 11.6 Å². The molecule has 0 radical (unpaired) electrons. The molecule has 2 amide bonds. The Morgan fingerprint density at radius 3 is 2.47 bits per heavy atom. The monoisotopic (exact) mass is 456 g/mol. The summed E-state index contributed by atoms with van der Waals surface area (Å²) in [5.74, 6) is -0.346. The molecule has 30 heavy (non-hydrogen) atoms. The standard InChI is InChI=1S/C21H29ClN2O5S/c1-21(2,3)29-20(26)24-11-6-9-17(24)19(25)23-12-10-18(30(27,28)14-13-23)15-7-4-5-8-16(15)22/h4-5,7-8,17-18H,6,9-14H2,1-3H3. The first-order valence-electron chi connectivity index (χ1n) is 10.2. The number of amides is 2. The Balaban J connectivity index is 1.75. The van der Waals surface area contributed by atoms with Crippen molar-refractivity contribution < 1.29 is 22.7 Å². The molecule has 9 heteroatoms. The maximum absolute atomic E-state index is 13.2. The molecule has 0 aromatic heterocycles. The topological polar surface area (TPSA) is 84.0 Å². The Morgan fingerprint density at radius 2 is 1.80 bits per heavy atom. The zero-order valence-electron chi connectivity index (χ0n) is 17.6. The van der Waals surface area contributed by atoms with Gasteiger partial charge in [0.05, 0.1) is 11.0 Å². The third kappa shape index (κ3) is 5.09. The van der Waals surface area contributed by atoms with E-state index in [0.29, 0.717) is 36.5 Å². The molecule has 0 aliphatic carbocycles. The minimum Gasteiger partial charge on any atom is -0.444 e. The summed E-state index contributed by atoms with van der Waals surface area (Å²) >= 11 is 6.24. The Bertz CT molecular complexity index is 912. The van der Waals surface area contributed by atoms with Crippen LogP contribution in [0.2, 0.25) is 5.02 Å². The van der Waals surface area contributed by atoms with Gasteiger partial charge in [-0.3, -0.25) is 9.69 Å². The van der Waals surface area contributed by atoms with E-state index in [1.165, 1.54) is 4.90 Å². The lowest BCUT2D eigenvalue weighted by Crippen LogP contribution is -2.49. The fourth-order valence-corrected chi connectivity index (χ4v) is 6.17. The Labute approximate surface area is 183 Å². The van der Waals surface area contributed by atoms with Crippen LogP contribution < -0.4 is 0 Å². The molecular formula is C21H29ClN2O5S. The lowest BCUT2D eigenvalue weighted by molar-refractivity contribution is -0.135. The number of halogens is 1. The van der Waals surface area contributed by atoms with Gasteiger partial charge in [-0.25, -0.2) is 13.2 Å². The van der Waals surface area contributed by atoms with Crippen molar-refractivity contribution >= 4 is 33.4 Å². The molecule has 1 aromatic rings. The summed E-state index contributed by atoms with van der Waals surface area (Å²) in [7, 11) is -3.46. The smallest absolute Gasteiger partial charge is 0.410 e. The molecule has 1 aromatic carbocycles. The number of nitrogens with zero attached hydrogens (tertiary/aromatic N) is 2. The summed E-state index contributed by atoms with van der Waals surface area (Å²) < 4.78 is 31.2. The Morgan fingerprint density at radius 1 is 1.10 bits per heavy atom. The first kappa shape index (κ1) is 22.9. The van der Waals surface area contributed by atoms with Crippen LogP contribution in [0.25, 0.3) is 0 Å². The highest BCUT2D eigenvalue weighted by Crippen LogP contribution is 2.34. The maximum atomic E-state index is 13.2. The van der Waals surface area contributed by atoms with Crippen LogP contribution in [0.1, 0.15) is 50.8 Å². The van der Waals surface area contributed by atoms with Gasteiger partial charge in [0.15, 0.2) is 9.84 Å². The normalized spacial score (nSPS) is 24.4. The summed E-state index contributed by atoms with van der Waals surface area (Å²) in [6, 6.07) is 6.32. The fraction of sp³-hybridized carbons (Fsp3) is 0.619. The second kappa shape index (κ2) is 8.75. The van der Waals surface area contributed by atoms with Gasteiger partial charge >= 0.3 is 6.09 Å². The van der Waals surface area contributed by atoms with Crippen molar-refractivity contribution in [3.05, 3.63) is 34.9 Å².